The number of nitrogens with two attached hydrogens (primary N) is 3. The molecule has 234 valence electrons. The van der Waals surface area contributed by atoms with Crippen LogP contribution in [-0.2, 0) is 9.53 Å². The van der Waals surface area contributed by atoms with Gasteiger partial charge in [0, 0.05) is 13.0 Å². The molecule has 0 aromatic rings. The molecule has 10 atom stereocenters. The summed E-state index contributed by atoms with van der Waals surface area (Å²) in [4.78, 5) is 16.7. The lowest BCUT2D eigenvalue weighted by atomic mass is 9.47. The summed E-state index contributed by atoms with van der Waals surface area (Å²) >= 11 is 0. The van der Waals surface area contributed by atoms with E-state index in [1.165, 1.54) is 51.4 Å². The van der Waals surface area contributed by atoms with Crippen molar-refractivity contribution in [1.82, 2.24) is 0 Å². The van der Waals surface area contributed by atoms with Gasteiger partial charge in [0.05, 0.1) is 0 Å². The van der Waals surface area contributed by atoms with Crippen LogP contribution >= 0.6 is 0 Å². The van der Waals surface area contributed by atoms with Crippen molar-refractivity contribution in [3.05, 3.63) is 11.6 Å². The van der Waals surface area contributed by atoms with E-state index in [9.17, 15) is 4.79 Å². The van der Waals surface area contributed by atoms with Crippen molar-refractivity contribution in [1.29, 1.82) is 0 Å². The van der Waals surface area contributed by atoms with Crippen LogP contribution in [0.1, 0.15) is 125 Å². The van der Waals surface area contributed by atoms with E-state index >= 15 is 0 Å². The molecule has 0 aromatic heterocycles. The van der Waals surface area contributed by atoms with E-state index in [4.69, 9.17) is 21.9 Å². The van der Waals surface area contributed by atoms with E-state index in [2.05, 4.69) is 52.6 Å². The third-order valence-corrected chi connectivity index (χ3v) is 12.8. The molecule has 0 bridgehead atoms. The number of aliphatic imine (C=N–C) groups is 1. The Morgan fingerprint density at radius 3 is 2.49 bits per heavy atom. The van der Waals surface area contributed by atoms with Gasteiger partial charge in [-0.3, -0.25) is 9.79 Å². The third kappa shape index (κ3) is 6.83. The molecule has 0 aliphatic heterocycles. The van der Waals surface area contributed by atoms with Crippen molar-refractivity contribution in [3.63, 3.8) is 0 Å². The van der Waals surface area contributed by atoms with Crippen LogP contribution in [0.4, 0.5) is 0 Å². The number of carbonyl (C=O) groups is 1. The van der Waals surface area contributed by atoms with Crippen LogP contribution in [0.25, 0.3) is 0 Å². The van der Waals surface area contributed by atoms with Gasteiger partial charge >= 0.3 is 5.97 Å². The number of allylic oxidation sites excluding steroid dienone is 1. The standard InChI is InChI=1S/C35H62N4O2/c1-7-24(22(2)3)11-10-23(4)28-14-15-29-27-13-12-25-21-26(41-32(40)31(36)9-8-20-39-33(37)38)16-18-34(25,5)30(27)17-19-35(28,29)6/h12,22-24,26-31H,7-11,13-21,36H2,1-6H3,(H4,37,38,39)/t23-,24+,26+,27+,28-,29+,30+,31?,34+,35-/m1/s1. The fourth-order valence-corrected chi connectivity index (χ4v) is 10.3. The molecule has 41 heavy (non-hydrogen) atoms. The van der Waals surface area contributed by atoms with Crippen LogP contribution in [0.5, 0.6) is 0 Å². The highest BCUT2D eigenvalue weighted by atomic mass is 16.5. The number of hydrogen-bond donors (Lipinski definition) is 3. The lowest BCUT2D eigenvalue weighted by Gasteiger charge is -2.58. The smallest absolute Gasteiger partial charge is 0.323 e. The summed E-state index contributed by atoms with van der Waals surface area (Å²) in [6.07, 6.45) is 17.6. The molecule has 0 radical (unpaired) electrons. The van der Waals surface area contributed by atoms with Gasteiger partial charge in [-0.2, -0.15) is 0 Å². The zero-order valence-corrected chi connectivity index (χ0v) is 27.2. The van der Waals surface area contributed by atoms with E-state index in [0.29, 0.717) is 24.8 Å². The summed E-state index contributed by atoms with van der Waals surface area (Å²) in [7, 11) is 0. The Morgan fingerprint density at radius 2 is 1.80 bits per heavy atom. The maximum absolute atomic E-state index is 12.7. The summed E-state index contributed by atoms with van der Waals surface area (Å²) in [5, 5.41) is 0. The van der Waals surface area contributed by atoms with E-state index in [0.717, 1.165) is 60.7 Å². The second kappa shape index (κ2) is 13.4. The molecule has 4 aliphatic carbocycles. The molecule has 6 heteroatoms. The number of esters is 1. The van der Waals surface area contributed by atoms with Gasteiger partial charge in [-0.25, -0.2) is 0 Å². The highest BCUT2D eigenvalue weighted by molar-refractivity contribution is 5.76. The Bertz CT molecular complexity index is 958. The highest BCUT2D eigenvalue weighted by Crippen LogP contribution is 2.67. The Kier molecular flexibility index (Phi) is 10.6. The molecule has 1 unspecified atom stereocenters. The van der Waals surface area contributed by atoms with E-state index in [-0.39, 0.29) is 23.4 Å². The first kappa shape index (κ1) is 32.4. The minimum Gasteiger partial charge on any atom is -0.461 e. The molecular weight excluding hydrogens is 508 g/mol. The number of carbonyl (C=O) groups excluding carboxylic acids is 1. The van der Waals surface area contributed by atoms with Crippen molar-refractivity contribution in [2.45, 2.75) is 137 Å². The van der Waals surface area contributed by atoms with Gasteiger partial charge in [-0.1, -0.05) is 66.0 Å². The third-order valence-electron chi connectivity index (χ3n) is 12.8. The van der Waals surface area contributed by atoms with Crippen LogP contribution < -0.4 is 17.2 Å². The first-order valence-electron chi connectivity index (χ1n) is 17.1. The van der Waals surface area contributed by atoms with Gasteiger partial charge < -0.3 is 21.9 Å². The lowest BCUT2D eigenvalue weighted by Crippen LogP contribution is -2.51. The molecule has 3 fully saturated rings. The first-order chi connectivity index (χ1) is 19.4. The van der Waals surface area contributed by atoms with Crippen LogP contribution in [0.15, 0.2) is 16.6 Å². The Morgan fingerprint density at radius 1 is 1.05 bits per heavy atom. The Labute approximate surface area is 251 Å². The maximum Gasteiger partial charge on any atom is 0.323 e. The monoisotopic (exact) mass is 570 g/mol. The number of rotatable bonds is 12. The second-order valence-electron chi connectivity index (χ2n) is 15.3. The summed E-state index contributed by atoms with van der Waals surface area (Å²) < 4.78 is 5.96. The van der Waals surface area contributed by atoms with Gasteiger partial charge in [-0.15, -0.1) is 0 Å². The molecule has 3 saturated carbocycles. The first-order valence-corrected chi connectivity index (χ1v) is 17.1. The average molecular weight is 571 g/mol. The Balaban J connectivity index is 1.35. The van der Waals surface area contributed by atoms with E-state index < -0.39 is 6.04 Å². The number of fused-ring (bicyclic) bond motifs is 5. The predicted molar refractivity (Wildman–Crippen MR) is 170 cm³/mol. The molecular formula is C35H62N4O2. The zero-order chi connectivity index (χ0) is 29.9. The molecule has 4 rings (SSSR count). The minimum absolute atomic E-state index is 0.0505. The number of ether oxygens (including phenoxy) is 1. The van der Waals surface area contributed by atoms with E-state index in [1.807, 2.05) is 0 Å². The normalized spacial score (nSPS) is 36.8. The molecule has 6 N–H and O–H groups in total. The molecule has 0 heterocycles. The maximum atomic E-state index is 12.7. The molecule has 6 nitrogen and oxygen atoms in total. The van der Waals surface area contributed by atoms with Crippen molar-refractivity contribution in [2.75, 3.05) is 6.54 Å². The summed E-state index contributed by atoms with van der Waals surface area (Å²) in [5.41, 5.74) is 19.2. The van der Waals surface area contributed by atoms with Gasteiger partial charge in [-0.05, 0) is 116 Å². The number of guanidine groups is 1. The van der Waals surface area contributed by atoms with Crippen molar-refractivity contribution in [2.24, 2.45) is 74.4 Å². The highest BCUT2D eigenvalue weighted by Gasteiger charge is 2.59. The van der Waals surface area contributed by atoms with Crippen LogP contribution in [0.2, 0.25) is 0 Å². The summed E-state index contributed by atoms with van der Waals surface area (Å²) in [6.45, 7) is 15.5. The quantitative estimate of drug-likeness (QED) is 0.0771. The molecule has 0 amide bonds. The fraction of sp³-hybridized carbons (Fsp3) is 0.886. The molecule has 0 saturated heterocycles. The average Bonchev–Trinajstić information content (AvgIpc) is 3.28. The lowest BCUT2D eigenvalue weighted by molar-refractivity contribution is -0.153. The summed E-state index contributed by atoms with van der Waals surface area (Å²) in [6, 6.07) is -0.616. The number of nitrogens with zero attached hydrogens (tertiary/aromatic N) is 1. The fourth-order valence-electron chi connectivity index (χ4n) is 10.3. The van der Waals surface area contributed by atoms with Crippen LogP contribution in [0.3, 0.4) is 0 Å². The van der Waals surface area contributed by atoms with Crippen molar-refractivity contribution < 1.29 is 9.53 Å². The second-order valence-corrected chi connectivity index (χ2v) is 15.3. The van der Waals surface area contributed by atoms with Crippen molar-refractivity contribution in [3.8, 4) is 0 Å². The van der Waals surface area contributed by atoms with Gasteiger partial charge in [0.15, 0.2) is 5.96 Å². The van der Waals surface area contributed by atoms with Gasteiger partial charge in [0.2, 0.25) is 0 Å². The van der Waals surface area contributed by atoms with Gasteiger partial charge in [0.1, 0.15) is 12.1 Å². The minimum atomic E-state index is -0.616. The molecule has 0 aromatic carbocycles. The topological polar surface area (TPSA) is 117 Å². The SMILES string of the molecule is CC[C@@H](CC[C@@H](C)[C@H]1CC[C@H]2[C@@H]3CC=C4C[C@@H](OC(=O)C(N)CCCN=C(N)N)CC[C@]4(C)[C@H]3CC[C@]12C)C(C)C. The van der Waals surface area contributed by atoms with E-state index in [1.54, 1.807) is 5.57 Å². The zero-order valence-electron chi connectivity index (χ0n) is 27.2. The van der Waals surface area contributed by atoms with Crippen LogP contribution in [-0.4, -0.2) is 30.6 Å². The largest absolute Gasteiger partial charge is 0.461 e. The van der Waals surface area contributed by atoms with Gasteiger partial charge in [0.25, 0.3) is 0 Å². The number of hydrogen-bond acceptors (Lipinski definition) is 4. The Hall–Kier alpha value is -1.56. The summed E-state index contributed by atoms with van der Waals surface area (Å²) in [5.74, 6) is 5.64. The molecule has 4 aliphatic rings. The van der Waals surface area contributed by atoms with Crippen molar-refractivity contribution >= 4 is 11.9 Å². The molecule has 0 spiro atoms. The predicted octanol–water partition coefficient (Wildman–Crippen LogP) is 6.96. The van der Waals surface area contributed by atoms with Crippen LogP contribution in [0, 0.1) is 52.3 Å².